The Kier molecular flexibility index (Phi) is 30.1. The van der Waals surface area contributed by atoms with Gasteiger partial charge in [0.05, 0.1) is 0 Å². The molecule has 8 aromatic carbocycles. The molecule has 0 saturated heterocycles. The third kappa shape index (κ3) is 25.6. The fourth-order valence-corrected chi connectivity index (χ4v) is 16.2. The van der Waals surface area contributed by atoms with Gasteiger partial charge >= 0.3 is 12.2 Å². The molecule has 0 saturated carbocycles. The molecule has 10 rings (SSSR count). The first-order valence-electron chi connectivity index (χ1n) is 45.1. The van der Waals surface area contributed by atoms with E-state index in [-0.39, 0.29) is 161 Å². The second-order valence-corrected chi connectivity index (χ2v) is 44.0. The van der Waals surface area contributed by atoms with Crippen molar-refractivity contribution in [2.75, 3.05) is 52.7 Å². The van der Waals surface area contributed by atoms with Crippen LogP contribution in [-0.4, -0.2) is 99.6 Å². The average molecular weight is 1750 g/mol. The van der Waals surface area contributed by atoms with Gasteiger partial charge in [0, 0.05) is 86.7 Å². The van der Waals surface area contributed by atoms with Crippen LogP contribution in [0.4, 0.5) is 9.59 Å². The van der Waals surface area contributed by atoms with Crippen molar-refractivity contribution >= 4 is 46.9 Å². The molecular formula is C110H140N2O16. The minimum atomic E-state index is -0.829. The number of rotatable bonds is 23. The summed E-state index contributed by atoms with van der Waals surface area (Å²) in [7, 11) is 0. The van der Waals surface area contributed by atoms with Crippen LogP contribution in [0.2, 0.25) is 0 Å². The van der Waals surface area contributed by atoms with E-state index in [9.17, 15) is 28.8 Å². The molecule has 0 heterocycles. The van der Waals surface area contributed by atoms with Gasteiger partial charge in [-0.25, -0.2) is 9.59 Å². The van der Waals surface area contributed by atoms with Gasteiger partial charge in [-0.05, 0) is 196 Å². The summed E-state index contributed by atoms with van der Waals surface area (Å²) in [5.74, 6) is 2.37. The minimum absolute atomic E-state index is 0.137. The number of Topliss-reactive ketones (excluding diaryl/α,β-unsaturated/α-hetero) is 6. The molecule has 2 N–H and O–H groups in total. The maximum atomic E-state index is 15.4. The van der Waals surface area contributed by atoms with Crippen molar-refractivity contribution in [2.24, 2.45) is 0 Å². The number of hydrogen-bond acceptors (Lipinski definition) is 16. The van der Waals surface area contributed by atoms with Gasteiger partial charge in [-0.15, -0.1) is 0 Å². The van der Waals surface area contributed by atoms with Crippen LogP contribution in [0.1, 0.15) is 341 Å². The van der Waals surface area contributed by atoms with Crippen LogP contribution in [0.25, 0.3) is 0 Å². The van der Waals surface area contributed by atoms with Crippen LogP contribution in [0.3, 0.4) is 0 Å². The number of fused-ring (bicyclic) bond motifs is 16. The molecule has 8 aromatic rings. The summed E-state index contributed by atoms with van der Waals surface area (Å²) in [4.78, 5) is 110. The topological polar surface area (TPSA) is 234 Å². The van der Waals surface area contributed by atoms with Crippen LogP contribution in [0.15, 0.2) is 97.1 Å². The second kappa shape index (κ2) is 38.8. The van der Waals surface area contributed by atoms with Crippen LogP contribution < -0.4 is 48.5 Å². The van der Waals surface area contributed by atoms with Gasteiger partial charge in [0.15, 0.2) is 34.7 Å². The molecule has 16 bridgehead atoms. The maximum absolute atomic E-state index is 15.4. The van der Waals surface area contributed by atoms with Crippen molar-refractivity contribution < 1.29 is 76.3 Å². The van der Waals surface area contributed by atoms with Crippen molar-refractivity contribution in [3.05, 3.63) is 231 Å². The van der Waals surface area contributed by atoms with Crippen molar-refractivity contribution in [3.8, 4) is 46.0 Å². The largest absolute Gasteiger partial charge is 0.485 e. The van der Waals surface area contributed by atoms with Crippen molar-refractivity contribution in [3.63, 3.8) is 0 Å². The Balaban J connectivity index is 1.14. The van der Waals surface area contributed by atoms with Crippen molar-refractivity contribution in [2.45, 2.75) is 302 Å². The van der Waals surface area contributed by atoms with Gasteiger partial charge in [-0.1, -0.05) is 263 Å². The van der Waals surface area contributed by atoms with Crippen LogP contribution >= 0.6 is 0 Å². The number of nitrogens with one attached hydrogen (secondary N) is 2. The summed E-state index contributed by atoms with van der Waals surface area (Å²) in [6.07, 6.45) is -0.118. The predicted octanol–water partition coefficient (Wildman–Crippen LogP) is 22.1. The number of ketones is 6. The highest BCUT2D eigenvalue weighted by Gasteiger charge is 2.35. The lowest BCUT2D eigenvalue weighted by molar-refractivity contribution is -0.119. The summed E-state index contributed by atoms with van der Waals surface area (Å²) in [6.45, 7) is 58.8. The number of ether oxygens (including phenoxy) is 8. The fraction of sp³-hybridized carbons (Fsp3) is 0.491. The van der Waals surface area contributed by atoms with E-state index in [2.05, 4.69) is 274 Å². The molecule has 128 heavy (non-hydrogen) atoms. The molecule has 2 aliphatic rings. The SMILES string of the molecule is CC(=O)COc1c2cc(C(C)(C)C)cc1Cc1cc(C(C)(C)C)cc(c1OCC(C)=O)Cc1cc(C(C)(C)C)cc(c1OC(=O)NCCNC(=O)Oc1c3cc(C(C)(C)C)cc1Cc1cc(C(C)(C)C)cc(c1OCC(C)=O)Cc1cc(C(C)(C)C)cc(c1OCC(C)=O)Cc1cc(C(C)(C)C)cc(c1OCC(C)=O)C3)Cc1cc(C(C)(C)C)cc(c1OCC(C)=O)C2. The first kappa shape index (κ1) is 99.3. The predicted molar refractivity (Wildman–Crippen MR) is 509 cm³/mol. The summed E-state index contributed by atoms with van der Waals surface area (Å²) in [5, 5.41) is 5.98. The molecule has 0 radical (unpaired) electrons. The summed E-state index contributed by atoms with van der Waals surface area (Å²) >= 11 is 0. The fourth-order valence-electron chi connectivity index (χ4n) is 16.2. The molecule has 2 amide bonds. The first-order chi connectivity index (χ1) is 59.2. The van der Waals surface area contributed by atoms with E-state index in [1.54, 1.807) is 0 Å². The van der Waals surface area contributed by atoms with Gasteiger partial charge < -0.3 is 48.5 Å². The highest BCUT2D eigenvalue weighted by atomic mass is 16.6. The maximum Gasteiger partial charge on any atom is 0.412 e. The monoisotopic (exact) mass is 1750 g/mol. The molecule has 2 aliphatic carbocycles. The molecule has 0 aromatic heterocycles. The number of hydrogen-bond donors (Lipinski definition) is 2. The van der Waals surface area contributed by atoms with Crippen LogP contribution in [-0.2, 0) is 123 Å². The molecular weight excluding hydrogens is 1610 g/mol. The first-order valence-corrected chi connectivity index (χ1v) is 45.1. The molecule has 0 unspecified atom stereocenters. The zero-order valence-electron chi connectivity index (χ0n) is 82.1. The molecule has 686 valence electrons. The Bertz CT molecular complexity index is 5000. The molecule has 0 atom stereocenters. The Morgan fingerprint density at radius 3 is 0.414 bits per heavy atom. The standard InChI is InChI=1S/C110H140N2O16/c1-63(113)57-121-93-69-33-73-45-87(105(13,14)15)49-77(95(73)123-59-65(3)115)37-81-53-91(109(25,26)27)54-82(38-78-50-88(106(16,17)18)46-74(96(78)124-60-66(4)116)34-70(93)42-85(41-69)103(7,8)9)99(81)127-101(119)111-31-32-112-102(120)128-100-83-39-79-51-89(107(19,20)21)47-75(97(79)125-61-67(5)117)35-71-43-86(104(10,11)12)44-72(94(71)122-58-64(2)114)36-76-48-90(108(22,23)24)52-80(98(76)126-62-68(6)118)40-84(100)56-92(55-83)110(28,29)30/h41-56H,31-40,57-62H2,1-30H3,(H,111,119)(H,112,120). The Labute approximate surface area is 761 Å². The quantitative estimate of drug-likeness (QED) is 0.0567. The third-order valence-corrected chi connectivity index (χ3v) is 23.5. The van der Waals surface area contributed by atoms with Crippen molar-refractivity contribution in [1.29, 1.82) is 0 Å². The number of benzene rings is 8. The minimum Gasteiger partial charge on any atom is -0.485 e. The van der Waals surface area contributed by atoms with Gasteiger partial charge in [-0.2, -0.15) is 0 Å². The zero-order chi connectivity index (χ0) is 94.8. The molecule has 0 spiro atoms. The van der Waals surface area contributed by atoms with E-state index in [1.165, 1.54) is 41.5 Å². The zero-order valence-corrected chi connectivity index (χ0v) is 82.1. The molecule has 18 nitrogen and oxygen atoms in total. The Hall–Kier alpha value is -10.9. The van der Waals surface area contributed by atoms with Crippen LogP contribution in [0.5, 0.6) is 46.0 Å². The van der Waals surface area contributed by atoms with E-state index in [1.807, 2.05) is 0 Å². The number of amides is 2. The third-order valence-electron chi connectivity index (χ3n) is 23.5. The van der Waals surface area contributed by atoms with E-state index < -0.39 is 44.7 Å². The van der Waals surface area contributed by atoms with Crippen LogP contribution in [0, 0.1) is 0 Å². The average Bonchev–Trinajstić information content (AvgIpc) is 0.759. The molecule has 0 aliphatic heterocycles. The lowest BCUT2D eigenvalue weighted by atomic mass is 9.79. The Morgan fingerprint density at radius 2 is 0.312 bits per heavy atom. The van der Waals surface area contributed by atoms with E-state index in [0.29, 0.717) is 56.8 Å². The smallest absolute Gasteiger partial charge is 0.412 e. The lowest BCUT2D eigenvalue weighted by Gasteiger charge is -2.29. The Morgan fingerprint density at radius 1 is 0.203 bits per heavy atom. The number of carbonyl (C=O) groups is 8. The lowest BCUT2D eigenvalue weighted by Crippen LogP contribution is -2.37. The van der Waals surface area contributed by atoms with E-state index >= 15 is 9.59 Å². The van der Waals surface area contributed by atoms with Gasteiger partial charge in [0.1, 0.15) is 85.6 Å². The van der Waals surface area contributed by atoms with Crippen molar-refractivity contribution in [1.82, 2.24) is 10.6 Å². The van der Waals surface area contributed by atoms with Gasteiger partial charge in [0.25, 0.3) is 0 Å². The highest BCUT2D eigenvalue weighted by Crippen LogP contribution is 2.49. The normalized spacial score (nSPS) is 13.3. The summed E-state index contributed by atoms with van der Waals surface area (Å²) < 4.78 is 54.5. The second-order valence-electron chi connectivity index (χ2n) is 44.0. The number of carbonyl (C=O) groups excluding carboxylic acids is 8. The van der Waals surface area contributed by atoms with Gasteiger partial charge in [0.2, 0.25) is 0 Å². The highest BCUT2D eigenvalue weighted by molar-refractivity contribution is 5.81. The van der Waals surface area contributed by atoms with E-state index in [0.717, 1.165) is 111 Å². The molecule has 0 fully saturated rings. The summed E-state index contributed by atoms with van der Waals surface area (Å²) in [5.41, 5.74) is 15.9. The van der Waals surface area contributed by atoms with E-state index in [4.69, 9.17) is 37.9 Å². The summed E-state index contributed by atoms with van der Waals surface area (Å²) in [6, 6.07) is 33.8. The van der Waals surface area contributed by atoms with Gasteiger partial charge in [-0.3, -0.25) is 28.8 Å². The molecule has 18 heteroatoms.